The predicted octanol–water partition coefficient (Wildman–Crippen LogP) is 2.78. The summed E-state index contributed by atoms with van der Waals surface area (Å²) in [5.74, 6) is 0.299. The number of rotatable bonds is 2. The van der Waals surface area contributed by atoms with Crippen LogP contribution in [-0.4, -0.2) is 15.2 Å². The normalized spacial score (nSPS) is 28.1. The Bertz CT molecular complexity index is 542. The molecule has 0 aromatic heterocycles. The first kappa shape index (κ1) is 11.8. The minimum atomic E-state index is -1.21. The summed E-state index contributed by atoms with van der Waals surface area (Å²) in [6, 6.07) is 7.67. The highest BCUT2D eigenvalue weighted by Gasteiger charge is 2.42. The maximum Gasteiger partial charge on any atom is 0.172 e. The fourth-order valence-electron chi connectivity index (χ4n) is 2.96. The molecular formula is C15H16O2S. The molecule has 3 rings (SSSR count). The number of fused-ring (bicyclic) bond motifs is 1. The maximum atomic E-state index is 12.6. The van der Waals surface area contributed by atoms with E-state index in [0.29, 0.717) is 0 Å². The van der Waals surface area contributed by atoms with Crippen LogP contribution in [0, 0.1) is 12.8 Å². The quantitative estimate of drug-likeness (QED) is 0.819. The molecule has 1 saturated carbocycles. The number of hydrogen-bond donors (Lipinski definition) is 0. The Morgan fingerprint density at radius 2 is 1.94 bits per heavy atom. The Hall–Kier alpha value is -1.22. The second kappa shape index (κ2) is 4.47. The molecule has 2 aliphatic rings. The number of carbonyl (C=O) groups is 1. The molecule has 0 aliphatic heterocycles. The zero-order chi connectivity index (χ0) is 12.7. The zero-order valence-corrected chi connectivity index (χ0v) is 11.2. The molecule has 2 aliphatic carbocycles. The van der Waals surface area contributed by atoms with Crippen LogP contribution in [0.1, 0.15) is 24.8 Å². The van der Waals surface area contributed by atoms with Crippen LogP contribution in [0.25, 0.3) is 0 Å². The summed E-state index contributed by atoms with van der Waals surface area (Å²) in [6.07, 6.45) is 4.90. The SMILES string of the molecule is Cc1ccc(S(=O)[C@H]2C(=O)C=C3CCC[C@@H]32)cc1. The van der Waals surface area contributed by atoms with Gasteiger partial charge in [-0.15, -0.1) is 0 Å². The molecule has 1 fully saturated rings. The van der Waals surface area contributed by atoms with Crippen LogP contribution >= 0.6 is 0 Å². The lowest BCUT2D eigenvalue weighted by Crippen LogP contribution is -2.27. The van der Waals surface area contributed by atoms with Gasteiger partial charge in [-0.2, -0.15) is 0 Å². The van der Waals surface area contributed by atoms with Gasteiger partial charge < -0.3 is 0 Å². The van der Waals surface area contributed by atoms with Gasteiger partial charge in [-0.1, -0.05) is 23.3 Å². The Balaban J connectivity index is 1.89. The molecule has 18 heavy (non-hydrogen) atoms. The van der Waals surface area contributed by atoms with Gasteiger partial charge in [-0.3, -0.25) is 9.00 Å². The summed E-state index contributed by atoms with van der Waals surface area (Å²) >= 11 is 0. The van der Waals surface area contributed by atoms with Crippen molar-refractivity contribution >= 4 is 16.6 Å². The zero-order valence-electron chi connectivity index (χ0n) is 10.4. The van der Waals surface area contributed by atoms with Crippen molar-refractivity contribution in [1.82, 2.24) is 0 Å². The molecule has 0 amide bonds. The lowest BCUT2D eigenvalue weighted by molar-refractivity contribution is -0.114. The third kappa shape index (κ3) is 1.87. The molecule has 2 nitrogen and oxygen atoms in total. The summed E-state index contributed by atoms with van der Waals surface area (Å²) in [7, 11) is -1.21. The molecule has 0 heterocycles. The van der Waals surface area contributed by atoms with Crippen molar-refractivity contribution in [3.63, 3.8) is 0 Å². The summed E-state index contributed by atoms with van der Waals surface area (Å²) in [6.45, 7) is 2.00. The van der Waals surface area contributed by atoms with Gasteiger partial charge >= 0.3 is 0 Å². The van der Waals surface area contributed by atoms with E-state index in [-0.39, 0.29) is 17.0 Å². The first-order chi connectivity index (χ1) is 8.66. The van der Waals surface area contributed by atoms with Gasteiger partial charge in [0, 0.05) is 10.8 Å². The Labute approximate surface area is 110 Å². The standard InChI is InChI=1S/C15H16O2S/c1-10-5-7-12(8-6-10)18(17)15-13-4-2-3-11(13)9-14(15)16/h5-9,13,15H,2-4H2,1H3/t13-,15+,18?/m0/s1. The minimum Gasteiger partial charge on any atom is -0.293 e. The predicted molar refractivity (Wildman–Crippen MR) is 71.8 cm³/mol. The molecule has 0 spiro atoms. The molecule has 0 radical (unpaired) electrons. The van der Waals surface area contributed by atoms with E-state index in [1.807, 2.05) is 31.2 Å². The molecule has 0 bridgehead atoms. The summed E-state index contributed by atoms with van der Waals surface area (Å²) in [5, 5.41) is -0.329. The molecule has 0 N–H and O–H groups in total. The molecule has 3 heteroatoms. The summed E-state index contributed by atoms with van der Waals surface area (Å²) in [5.41, 5.74) is 2.37. The van der Waals surface area contributed by atoms with Gasteiger partial charge in [0.25, 0.3) is 0 Å². The van der Waals surface area contributed by atoms with Crippen LogP contribution in [0.4, 0.5) is 0 Å². The van der Waals surface area contributed by atoms with E-state index in [9.17, 15) is 9.00 Å². The molecule has 0 saturated heterocycles. The van der Waals surface area contributed by atoms with Crippen molar-refractivity contribution < 1.29 is 9.00 Å². The maximum absolute atomic E-state index is 12.6. The van der Waals surface area contributed by atoms with Gasteiger partial charge in [0.15, 0.2) is 5.78 Å². The first-order valence-electron chi connectivity index (χ1n) is 6.38. The van der Waals surface area contributed by atoms with Gasteiger partial charge in [0.2, 0.25) is 0 Å². The topological polar surface area (TPSA) is 34.1 Å². The fraction of sp³-hybridized carbons (Fsp3) is 0.400. The summed E-state index contributed by atoms with van der Waals surface area (Å²) < 4.78 is 12.6. The third-order valence-electron chi connectivity index (χ3n) is 3.91. The molecule has 1 unspecified atom stereocenters. The highest BCUT2D eigenvalue weighted by Crippen LogP contribution is 2.41. The third-order valence-corrected chi connectivity index (χ3v) is 5.67. The van der Waals surface area contributed by atoms with Crippen molar-refractivity contribution in [1.29, 1.82) is 0 Å². The second-order valence-electron chi connectivity index (χ2n) is 5.15. The van der Waals surface area contributed by atoms with Crippen molar-refractivity contribution in [3.05, 3.63) is 41.5 Å². The van der Waals surface area contributed by atoms with Crippen LogP contribution in [-0.2, 0) is 15.6 Å². The molecule has 1 aromatic rings. The summed E-state index contributed by atoms with van der Waals surface area (Å²) in [4.78, 5) is 12.8. The van der Waals surface area contributed by atoms with E-state index in [0.717, 1.165) is 29.7 Å². The van der Waals surface area contributed by atoms with Crippen LogP contribution in [0.2, 0.25) is 0 Å². The number of carbonyl (C=O) groups excluding carboxylic acids is 1. The van der Waals surface area contributed by atoms with E-state index in [4.69, 9.17) is 0 Å². The number of benzene rings is 1. The van der Waals surface area contributed by atoms with Crippen LogP contribution < -0.4 is 0 Å². The smallest absolute Gasteiger partial charge is 0.172 e. The number of aryl methyl sites for hydroxylation is 1. The van der Waals surface area contributed by atoms with E-state index in [2.05, 4.69) is 0 Å². The largest absolute Gasteiger partial charge is 0.293 e. The molecule has 3 atom stereocenters. The van der Waals surface area contributed by atoms with E-state index in [1.165, 1.54) is 5.57 Å². The van der Waals surface area contributed by atoms with Gasteiger partial charge in [-0.25, -0.2) is 0 Å². The number of allylic oxidation sites excluding steroid dienone is 2. The van der Waals surface area contributed by atoms with Gasteiger partial charge in [0.05, 0.1) is 10.8 Å². The Kier molecular flexibility index (Phi) is 2.94. The average Bonchev–Trinajstić information content (AvgIpc) is 2.89. The van der Waals surface area contributed by atoms with E-state index < -0.39 is 10.8 Å². The van der Waals surface area contributed by atoms with Crippen molar-refractivity contribution in [2.75, 3.05) is 0 Å². The minimum absolute atomic E-state index is 0.0635. The van der Waals surface area contributed by atoms with E-state index >= 15 is 0 Å². The van der Waals surface area contributed by atoms with Crippen LogP contribution in [0.5, 0.6) is 0 Å². The first-order valence-corrected chi connectivity index (χ1v) is 7.59. The lowest BCUT2D eigenvalue weighted by atomic mass is 10.1. The van der Waals surface area contributed by atoms with Crippen molar-refractivity contribution in [3.8, 4) is 0 Å². The molecule has 1 aromatic carbocycles. The van der Waals surface area contributed by atoms with Gasteiger partial charge in [0.1, 0.15) is 5.25 Å². The Morgan fingerprint density at radius 1 is 1.22 bits per heavy atom. The average molecular weight is 260 g/mol. The highest BCUT2D eigenvalue weighted by atomic mass is 32.2. The van der Waals surface area contributed by atoms with Gasteiger partial charge in [-0.05, 0) is 44.4 Å². The monoisotopic (exact) mass is 260 g/mol. The van der Waals surface area contributed by atoms with Crippen molar-refractivity contribution in [2.24, 2.45) is 5.92 Å². The number of hydrogen-bond acceptors (Lipinski definition) is 2. The second-order valence-corrected chi connectivity index (χ2v) is 6.73. The van der Waals surface area contributed by atoms with Crippen LogP contribution in [0.3, 0.4) is 0 Å². The fourth-order valence-corrected chi connectivity index (χ4v) is 4.54. The van der Waals surface area contributed by atoms with Crippen LogP contribution in [0.15, 0.2) is 40.8 Å². The molecule has 94 valence electrons. The lowest BCUT2D eigenvalue weighted by Gasteiger charge is -2.16. The van der Waals surface area contributed by atoms with E-state index in [1.54, 1.807) is 6.08 Å². The molecular weight excluding hydrogens is 244 g/mol. The van der Waals surface area contributed by atoms with Crippen molar-refractivity contribution in [2.45, 2.75) is 36.3 Å². The Morgan fingerprint density at radius 3 is 2.67 bits per heavy atom. The number of ketones is 1. The highest BCUT2D eigenvalue weighted by molar-refractivity contribution is 7.86.